The lowest BCUT2D eigenvalue weighted by atomic mass is 10.1. The van der Waals surface area contributed by atoms with Crippen LogP contribution in [0.25, 0.3) is 0 Å². The fourth-order valence-corrected chi connectivity index (χ4v) is 6.14. The van der Waals surface area contributed by atoms with E-state index in [1.165, 1.54) is 21.1 Å². The predicted octanol–water partition coefficient (Wildman–Crippen LogP) is 4.81. The van der Waals surface area contributed by atoms with Crippen LogP contribution in [-0.2, 0) is 14.8 Å². The molecule has 6 nitrogen and oxygen atoms in total. The number of nitrogens with zero attached hydrogens (tertiary/aromatic N) is 3. The molecular weight excluding hydrogens is 482 g/mol. The Balaban J connectivity index is 1.56. The number of aryl methyl sites for hydroxylation is 2. The number of benzene rings is 3. The maximum absolute atomic E-state index is 13.6. The molecule has 0 aromatic heterocycles. The van der Waals surface area contributed by atoms with Crippen molar-refractivity contribution in [2.75, 3.05) is 41.9 Å². The van der Waals surface area contributed by atoms with Gasteiger partial charge in [-0.15, -0.1) is 0 Å². The summed E-state index contributed by atoms with van der Waals surface area (Å²) in [5, 5.41) is 0.511. The molecule has 0 spiro atoms. The van der Waals surface area contributed by atoms with Gasteiger partial charge in [0.25, 0.3) is 10.0 Å². The van der Waals surface area contributed by atoms with Crippen LogP contribution in [0.4, 0.5) is 11.4 Å². The van der Waals surface area contributed by atoms with Gasteiger partial charge in [0, 0.05) is 36.9 Å². The molecule has 3 aromatic carbocycles. The van der Waals surface area contributed by atoms with Crippen molar-refractivity contribution in [1.29, 1.82) is 0 Å². The zero-order valence-corrected chi connectivity index (χ0v) is 21.8. The zero-order valence-electron chi connectivity index (χ0n) is 20.2. The molecule has 1 aliphatic rings. The molecule has 1 aliphatic heterocycles. The van der Waals surface area contributed by atoms with Crippen molar-refractivity contribution in [3.63, 3.8) is 0 Å². The minimum atomic E-state index is -3.96. The number of amides is 1. The van der Waals surface area contributed by atoms with E-state index in [4.69, 9.17) is 11.6 Å². The van der Waals surface area contributed by atoms with E-state index in [-0.39, 0.29) is 17.3 Å². The van der Waals surface area contributed by atoms with Gasteiger partial charge in [0.1, 0.15) is 6.54 Å². The Morgan fingerprint density at radius 1 is 0.886 bits per heavy atom. The highest BCUT2D eigenvalue weighted by molar-refractivity contribution is 7.92. The first-order valence-corrected chi connectivity index (χ1v) is 13.4. The molecule has 0 radical (unpaired) electrons. The summed E-state index contributed by atoms with van der Waals surface area (Å²) in [7, 11) is -3.96. The molecule has 1 heterocycles. The van der Waals surface area contributed by atoms with Crippen molar-refractivity contribution in [3.05, 3.63) is 88.4 Å². The Bertz CT molecular complexity index is 1320. The highest BCUT2D eigenvalue weighted by Gasteiger charge is 2.31. The average molecular weight is 512 g/mol. The van der Waals surface area contributed by atoms with Crippen molar-refractivity contribution >= 4 is 38.9 Å². The molecule has 1 fully saturated rings. The number of carbonyl (C=O) groups is 1. The minimum Gasteiger partial charge on any atom is -0.368 e. The molecule has 3 aromatic rings. The number of hydrogen-bond donors (Lipinski definition) is 0. The molecule has 1 saturated heterocycles. The summed E-state index contributed by atoms with van der Waals surface area (Å²) >= 11 is 6.12. The van der Waals surface area contributed by atoms with Crippen molar-refractivity contribution < 1.29 is 13.2 Å². The van der Waals surface area contributed by atoms with Gasteiger partial charge in [0.05, 0.1) is 10.6 Å². The van der Waals surface area contributed by atoms with E-state index in [1.807, 2.05) is 0 Å². The standard InChI is InChI=1S/C27H30ClN3O3S/c1-20-8-7-11-26(22(20)3)29-14-16-30(17-15-29)27(32)19-31(25-13-12-23(28)18-21(25)2)35(33,34)24-9-5-4-6-10-24/h4-13,18H,14-17,19H2,1-3H3. The molecule has 35 heavy (non-hydrogen) atoms. The highest BCUT2D eigenvalue weighted by atomic mass is 35.5. The summed E-state index contributed by atoms with van der Waals surface area (Å²) in [6, 6.07) is 19.5. The topological polar surface area (TPSA) is 60.9 Å². The SMILES string of the molecule is Cc1cc(Cl)ccc1N(CC(=O)N1CCN(c2cccc(C)c2C)CC1)S(=O)(=O)c1ccccc1. The summed E-state index contributed by atoms with van der Waals surface area (Å²) in [6.07, 6.45) is 0. The van der Waals surface area contributed by atoms with Gasteiger partial charge in [0.15, 0.2) is 0 Å². The van der Waals surface area contributed by atoms with E-state index in [9.17, 15) is 13.2 Å². The minimum absolute atomic E-state index is 0.141. The van der Waals surface area contributed by atoms with Crippen LogP contribution < -0.4 is 9.21 Å². The number of rotatable bonds is 6. The first-order valence-electron chi connectivity index (χ1n) is 11.6. The Labute approximate surface area is 212 Å². The number of halogens is 1. The summed E-state index contributed by atoms with van der Waals surface area (Å²) in [4.78, 5) is 17.6. The molecule has 0 unspecified atom stereocenters. The van der Waals surface area contributed by atoms with Crippen molar-refractivity contribution in [3.8, 4) is 0 Å². The van der Waals surface area contributed by atoms with Crippen LogP contribution in [-0.4, -0.2) is 51.9 Å². The molecule has 4 rings (SSSR count). The largest absolute Gasteiger partial charge is 0.368 e. The van der Waals surface area contributed by atoms with Crippen molar-refractivity contribution in [2.45, 2.75) is 25.7 Å². The molecule has 0 aliphatic carbocycles. The van der Waals surface area contributed by atoms with Crippen LogP contribution in [0.15, 0.2) is 71.6 Å². The third kappa shape index (κ3) is 5.31. The number of piperazine rings is 1. The van der Waals surface area contributed by atoms with Crippen LogP contribution in [0.1, 0.15) is 16.7 Å². The van der Waals surface area contributed by atoms with Crippen molar-refractivity contribution in [2.24, 2.45) is 0 Å². The average Bonchev–Trinajstić information content (AvgIpc) is 2.85. The molecule has 184 valence electrons. The normalized spacial score (nSPS) is 14.2. The zero-order chi connectivity index (χ0) is 25.2. The molecular formula is C27H30ClN3O3S. The van der Waals surface area contributed by atoms with Gasteiger partial charge in [0.2, 0.25) is 5.91 Å². The third-order valence-corrected chi connectivity index (χ3v) is 8.60. The second kappa shape index (κ2) is 10.3. The number of carbonyl (C=O) groups excluding carboxylic acids is 1. The summed E-state index contributed by atoms with van der Waals surface area (Å²) in [5.41, 5.74) is 4.79. The van der Waals surface area contributed by atoms with Gasteiger partial charge in [-0.05, 0) is 73.9 Å². The summed E-state index contributed by atoms with van der Waals surface area (Å²) in [5.74, 6) is -0.223. The van der Waals surface area contributed by atoms with Crippen LogP contribution >= 0.6 is 11.6 Å². The van der Waals surface area contributed by atoms with Crippen LogP contribution in [0, 0.1) is 20.8 Å². The van der Waals surface area contributed by atoms with Gasteiger partial charge in [-0.2, -0.15) is 0 Å². The lowest BCUT2D eigenvalue weighted by molar-refractivity contribution is -0.129. The monoisotopic (exact) mass is 511 g/mol. The smallest absolute Gasteiger partial charge is 0.264 e. The van der Waals surface area contributed by atoms with Gasteiger partial charge >= 0.3 is 0 Å². The maximum atomic E-state index is 13.6. The maximum Gasteiger partial charge on any atom is 0.264 e. The predicted molar refractivity (Wildman–Crippen MR) is 142 cm³/mol. The molecule has 0 N–H and O–H groups in total. The fraction of sp³-hybridized carbons (Fsp3) is 0.296. The van der Waals surface area contributed by atoms with E-state index >= 15 is 0 Å². The van der Waals surface area contributed by atoms with Gasteiger partial charge in [-0.3, -0.25) is 9.10 Å². The lowest BCUT2D eigenvalue weighted by Gasteiger charge is -2.38. The molecule has 1 amide bonds. The number of hydrogen-bond acceptors (Lipinski definition) is 4. The molecule has 0 saturated carbocycles. The summed E-state index contributed by atoms with van der Waals surface area (Å²) in [6.45, 7) is 8.19. The van der Waals surface area contributed by atoms with Gasteiger partial charge in [-0.1, -0.05) is 41.9 Å². The van der Waals surface area contributed by atoms with E-state index in [0.29, 0.717) is 42.5 Å². The molecule has 8 heteroatoms. The van der Waals surface area contributed by atoms with Gasteiger partial charge in [-0.25, -0.2) is 8.42 Å². The van der Waals surface area contributed by atoms with Crippen LogP contribution in [0.5, 0.6) is 0 Å². The fourth-order valence-electron chi connectivity index (χ4n) is 4.42. The van der Waals surface area contributed by atoms with Crippen LogP contribution in [0.2, 0.25) is 5.02 Å². The Hall–Kier alpha value is -3.03. The number of anilines is 2. The highest BCUT2D eigenvalue weighted by Crippen LogP contribution is 2.29. The number of sulfonamides is 1. The third-order valence-electron chi connectivity index (χ3n) is 6.59. The summed E-state index contributed by atoms with van der Waals surface area (Å²) < 4.78 is 28.4. The Morgan fingerprint density at radius 3 is 2.23 bits per heavy atom. The van der Waals surface area contributed by atoms with Gasteiger partial charge < -0.3 is 9.80 Å². The lowest BCUT2D eigenvalue weighted by Crippen LogP contribution is -2.52. The Morgan fingerprint density at radius 2 is 1.57 bits per heavy atom. The first-order chi connectivity index (χ1) is 16.7. The van der Waals surface area contributed by atoms with E-state index < -0.39 is 10.0 Å². The quantitative estimate of drug-likeness (QED) is 0.476. The Kier molecular flexibility index (Phi) is 7.38. The van der Waals surface area contributed by atoms with E-state index in [2.05, 4.69) is 36.9 Å². The second-order valence-electron chi connectivity index (χ2n) is 8.84. The van der Waals surface area contributed by atoms with Crippen molar-refractivity contribution in [1.82, 2.24) is 4.90 Å². The van der Waals surface area contributed by atoms with Crippen LogP contribution in [0.3, 0.4) is 0 Å². The first kappa shape index (κ1) is 25.1. The second-order valence-corrected chi connectivity index (χ2v) is 11.1. The van der Waals surface area contributed by atoms with E-state index in [1.54, 1.807) is 60.4 Å². The molecule has 0 atom stereocenters. The van der Waals surface area contributed by atoms with E-state index in [0.717, 1.165) is 0 Å². The molecule has 0 bridgehead atoms.